The molecule has 0 bridgehead atoms. The van der Waals surface area contributed by atoms with Crippen LogP contribution in [0.25, 0.3) is 17.1 Å². The van der Waals surface area contributed by atoms with Gasteiger partial charge in [-0.3, -0.25) is 9.36 Å². The molecular weight excluding hydrogens is 552 g/mol. The molecule has 0 atom stereocenters. The number of thiazole rings is 1. The highest BCUT2D eigenvalue weighted by molar-refractivity contribution is 7.99. The van der Waals surface area contributed by atoms with E-state index in [2.05, 4.69) is 20.5 Å². The van der Waals surface area contributed by atoms with Gasteiger partial charge in [-0.15, -0.1) is 21.5 Å². The predicted molar refractivity (Wildman–Crippen MR) is 147 cm³/mol. The third-order valence-corrected chi connectivity index (χ3v) is 7.46. The number of thioether (sulfide) groups is 1. The molecule has 0 aliphatic heterocycles. The minimum Gasteiger partial charge on any atom is -0.301 e. The summed E-state index contributed by atoms with van der Waals surface area (Å²) in [5, 5.41) is 13.6. The zero-order valence-corrected chi connectivity index (χ0v) is 22.2. The molecule has 37 heavy (non-hydrogen) atoms. The molecule has 5 rings (SSSR count). The second kappa shape index (κ2) is 11.4. The second-order valence-electron chi connectivity index (χ2n) is 7.91. The summed E-state index contributed by atoms with van der Waals surface area (Å²) in [6.45, 7) is 0. The number of amides is 1. The van der Waals surface area contributed by atoms with E-state index in [0.29, 0.717) is 38.3 Å². The summed E-state index contributed by atoms with van der Waals surface area (Å²) in [5.74, 6) is 0.118. The highest BCUT2D eigenvalue weighted by Gasteiger charge is 2.18. The van der Waals surface area contributed by atoms with E-state index in [1.54, 1.807) is 24.4 Å². The number of benzene rings is 3. The molecule has 1 amide bonds. The fourth-order valence-corrected chi connectivity index (χ4v) is 5.79. The third-order valence-electron chi connectivity index (χ3n) is 5.18. The fourth-order valence-electron chi connectivity index (χ4n) is 3.61. The molecule has 5 aromatic rings. The first-order chi connectivity index (χ1) is 17.9. The van der Waals surface area contributed by atoms with Crippen LogP contribution in [0.4, 0.5) is 9.52 Å². The number of hydrogen-bond acceptors (Lipinski definition) is 6. The van der Waals surface area contributed by atoms with Gasteiger partial charge < -0.3 is 5.32 Å². The number of halogens is 3. The van der Waals surface area contributed by atoms with Gasteiger partial charge in [-0.05, 0) is 48.0 Å². The highest BCUT2D eigenvalue weighted by atomic mass is 35.5. The molecule has 0 spiro atoms. The van der Waals surface area contributed by atoms with Crippen molar-refractivity contribution in [3.63, 3.8) is 0 Å². The van der Waals surface area contributed by atoms with Crippen LogP contribution in [-0.2, 0) is 11.2 Å². The maximum Gasteiger partial charge on any atom is 0.236 e. The van der Waals surface area contributed by atoms with Gasteiger partial charge in [0.1, 0.15) is 5.82 Å². The average Bonchev–Trinajstić information content (AvgIpc) is 3.50. The lowest BCUT2D eigenvalue weighted by molar-refractivity contribution is -0.113. The number of hydrogen-bond donors (Lipinski definition) is 1. The summed E-state index contributed by atoms with van der Waals surface area (Å²) in [6.07, 6.45) is 2.32. The highest BCUT2D eigenvalue weighted by Crippen LogP contribution is 2.29. The van der Waals surface area contributed by atoms with E-state index in [1.165, 1.54) is 35.2 Å². The van der Waals surface area contributed by atoms with E-state index in [9.17, 15) is 9.18 Å². The van der Waals surface area contributed by atoms with Crippen molar-refractivity contribution in [2.75, 3.05) is 11.1 Å². The van der Waals surface area contributed by atoms with Gasteiger partial charge >= 0.3 is 0 Å². The largest absolute Gasteiger partial charge is 0.301 e. The van der Waals surface area contributed by atoms with Crippen molar-refractivity contribution in [2.45, 2.75) is 11.6 Å². The normalized spacial score (nSPS) is 11.0. The van der Waals surface area contributed by atoms with Crippen molar-refractivity contribution in [3.8, 4) is 17.1 Å². The number of carbonyl (C=O) groups excluding carboxylic acids is 1. The van der Waals surface area contributed by atoms with E-state index in [4.69, 9.17) is 23.2 Å². The van der Waals surface area contributed by atoms with Crippen LogP contribution in [0.1, 0.15) is 10.4 Å². The van der Waals surface area contributed by atoms with Crippen molar-refractivity contribution >= 4 is 57.3 Å². The lowest BCUT2D eigenvalue weighted by atomic mass is 10.1. The van der Waals surface area contributed by atoms with Crippen molar-refractivity contribution in [2.24, 2.45) is 0 Å². The van der Waals surface area contributed by atoms with Gasteiger partial charge in [-0.25, -0.2) is 9.37 Å². The molecule has 1 N–H and O–H groups in total. The fraction of sp³-hybridized carbons (Fsp3) is 0.0769. The van der Waals surface area contributed by atoms with Crippen LogP contribution in [-0.4, -0.2) is 31.4 Å². The minimum atomic E-state index is -0.340. The predicted octanol–water partition coefficient (Wildman–Crippen LogP) is 7.16. The van der Waals surface area contributed by atoms with Gasteiger partial charge in [0.05, 0.1) is 5.75 Å². The SMILES string of the molecule is O=C(CSc1nnc(-c2ccccc2)n1-c1ccc(F)cc1)Nc1ncc(Cc2cc(Cl)cc(Cl)c2)s1. The van der Waals surface area contributed by atoms with Gasteiger partial charge in [-0.1, -0.05) is 65.3 Å². The van der Waals surface area contributed by atoms with E-state index < -0.39 is 0 Å². The Balaban J connectivity index is 1.28. The monoisotopic (exact) mass is 569 g/mol. The maximum absolute atomic E-state index is 13.6. The number of aromatic nitrogens is 4. The zero-order chi connectivity index (χ0) is 25.8. The smallest absolute Gasteiger partial charge is 0.236 e. The number of carbonyl (C=O) groups is 1. The summed E-state index contributed by atoms with van der Waals surface area (Å²) in [6, 6.07) is 21.0. The molecule has 11 heteroatoms. The van der Waals surface area contributed by atoms with E-state index in [1.807, 2.05) is 47.0 Å². The Morgan fingerprint density at radius 2 is 1.73 bits per heavy atom. The summed E-state index contributed by atoms with van der Waals surface area (Å²) < 4.78 is 15.4. The van der Waals surface area contributed by atoms with Crippen molar-refractivity contribution < 1.29 is 9.18 Å². The summed E-state index contributed by atoms with van der Waals surface area (Å²) in [4.78, 5) is 18.0. The molecule has 0 saturated heterocycles. The van der Waals surface area contributed by atoms with Crippen LogP contribution < -0.4 is 5.32 Å². The minimum absolute atomic E-state index is 0.0902. The Labute approximate surface area is 230 Å². The molecule has 186 valence electrons. The van der Waals surface area contributed by atoms with Gasteiger partial charge in [0.25, 0.3) is 0 Å². The standard InChI is InChI=1S/C26H18Cl2FN5OS2/c27-18-10-16(11-19(28)13-18)12-22-14-30-25(37-22)31-23(35)15-36-26-33-32-24(17-4-2-1-3-5-17)34(26)21-8-6-20(29)7-9-21/h1-11,13-14H,12,15H2,(H,30,31,35). The van der Waals surface area contributed by atoms with Crippen LogP contribution in [0.5, 0.6) is 0 Å². The van der Waals surface area contributed by atoms with Crippen LogP contribution in [0.2, 0.25) is 10.0 Å². The Bertz CT molecular complexity index is 1520. The Morgan fingerprint density at radius 3 is 2.46 bits per heavy atom. The molecule has 0 fully saturated rings. The first-order valence-electron chi connectivity index (χ1n) is 11.0. The van der Waals surface area contributed by atoms with Crippen LogP contribution in [0.15, 0.2) is 84.1 Å². The number of nitrogens with one attached hydrogen (secondary N) is 1. The molecule has 2 heterocycles. The quantitative estimate of drug-likeness (QED) is 0.201. The number of rotatable bonds is 8. The summed E-state index contributed by atoms with van der Waals surface area (Å²) in [7, 11) is 0. The van der Waals surface area contributed by atoms with Gasteiger partial charge in [0, 0.05) is 38.8 Å². The molecule has 0 aliphatic rings. The molecule has 3 aromatic carbocycles. The number of nitrogens with zero attached hydrogens (tertiary/aromatic N) is 4. The molecule has 0 unspecified atom stereocenters. The van der Waals surface area contributed by atoms with E-state index >= 15 is 0 Å². The van der Waals surface area contributed by atoms with Gasteiger partial charge in [-0.2, -0.15) is 0 Å². The lowest BCUT2D eigenvalue weighted by Crippen LogP contribution is -2.14. The molecule has 6 nitrogen and oxygen atoms in total. The van der Waals surface area contributed by atoms with Crippen LogP contribution in [0, 0.1) is 5.82 Å². The van der Waals surface area contributed by atoms with E-state index in [0.717, 1.165) is 16.0 Å². The van der Waals surface area contributed by atoms with Gasteiger partial charge in [0.2, 0.25) is 5.91 Å². The lowest BCUT2D eigenvalue weighted by Gasteiger charge is -2.10. The van der Waals surface area contributed by atoms with Crippen LogP contribution >= 0.6 is 46.3 Å². The Hall–Kier alpha value is -3.24. The topological polar surface area (TPSA) is 72.7 Å². The van der Waals surface area contributed by atoms with Crippen LogP contribution in [0.3, 0.4) is 0 Å². The zero-order valence-electron chi connectivity index (χ0n) is 19.1. The van der Waals surface area contributed by atoms with Crippen molar-refractivity contribution in [1.29, 1.82) is 0 Å². The second-order valence-corrected chi connectivity index (χ2v) is 10.8. The summed E-state index contributed by atoms with van der Waals surface area (Å²) >= 11 is 14.8. The Kier molecular flexibility index (Phi) is 7.85. The maximum atomic E-state index is 13.6. The molecule has 0 aliphatic carbocycles. The first kappa shape index (κ1) is 25.4. The number of anilines is 1. The average molecular weight is 571 g/mol. The Morgan fingerprint density at radius 1 is 1.00 bits per heavy atom. The molecule has 2 aromatic heterocycles. The first-order valence-corrected chi connectivity index (χ1v) is 13.6. The van der Waals surface area contributed by atoms with E-state index in [-0.39, 0.29) is 17.5 Å². The van der Waals surface area contributed by atoms with Crippen molar-refractivity contribution in [1.82, 2.24) is 19.7 Å². The summed E-state index contributed by atoms with van der Waals surface area (Å²) in [5.41, 5.74) is 2.51. The third kappa shape index (κ3) is 6.37. The molecular formula is C26H18Cl2FN5OS2. The molecule has 0 saturated carbocycles. The van der Waals surface area contributed by atoms with Gasteiger partial charge in [0.15, 0.2) is 16.1 Å². The van der Waals surface area contributed by atoms with Crippen molar-refractivity contribution in [3.05, 3.63) is 105 Å². The molecule has 0 radical (unpaired) electrons.